The molecule has 0 saturated heterocycles. The fourth-order valence-corrected chi connectivity index (χ4v) is 3.60. The Hall–Kier alpha value is -2.33. The predicted molar refractivity (Wildman–Crippen MR) is 113 cm³/mol. The maximum atomic E-state index is 11.3. The molecule has 0 bridgehead atoms. The highest BCUT2D eigenvalue weighted by Crippen LogP contribution is 2.37. The van der Waals surface area contributed by atoms with E-state index in [9.17, 15) is 4.79 Å². The lowest BCUT2D eigenvalue weighted by atomic mass is 9.92. The molecule has 2 aromatic rings. The summed E-state index contributed by atoms with van der Waals surface area (Å²) in [6.45, 7) is 3.92. The summed E-state index contributed by atoms with van der Waals surface area (Å²) in [5.41, 5.74) is 4.11. The standard InChI is InChI=1S/C26H30O/c1-3-21(19-25-13-14-25)5-4-6-22-7-9-23(10-8-22)11-12-24-15-17-26(18-16-24)20(2)27/h7-10,15-18,21,25H,3-6,13-14,19H2,1-2H3. The molecule has 27 heavy (non-hydrogen) atoms. The summed E-state index contributed by atoms with van der Waals surface area (Å²) in [6.07, 6.45) is 9.56. The summed E-state index contributed by atoms with van der Waals surface area (Å²) in [5, 5.41) is 0. The second-order valence-electron chi connectivity index (χ2n) is 7.93. The minimum absolute atomic E-state index is 0.0860. The van der Waals surface area contributed by atoms with E-state index in [4.69, 9.17) is 0 Å². The van der Waals surface area contributed by atoms with Gasteiger partial charge in [-0.3, -0.25) is 4.79 Å². The SMILES string of the molecule is CCC(CCCc1ccc(C#Cc2ccc(C(C)=O)cc2)cc1)CC1CC1. The predicted octanol–water partition coefficient (Wildman–Crippen LogP) is 6.44. The molecule has 1 atom stereocenters. The number of ketones is 1. The molecule has 1 heteroatoms. The van der Waals surface area contributed by atoms with Gasteiger partial charge in [-0.2, -0.15) is 0 Å². The van der Waals surface area contributed by atoms with Gasteiger partial charge in [0.25, 0.3) is 0 Å². The lowest BCUT2D eigenvalue weighted by Crippen LogP contribution is -2.01. The molecule has 1 aliphatic carbocycles. The van der Waals surface area contributed by atoms with Crippen LogP contribution in [0, 0.1) is 23.7 Å². The monoisotopic (exact) mass is 358 g/mol. The number of rotatable bonds is 8. The number of benzene rings is 2. The minimum atomic E-state index is 0.0860. The van der Waals surface area contributed by atoms with Crippen molar-refractivity contribution in [3.8, 4) is 11.8 Å². The average molecular weight is 359 g/mol. The minimum Gasteiger partial charge on any atom is -0.295 e. The van der Waals surface area contributed by atoms with Gasteiger partial charge in [0.05, 0.1) is 0 Å². The molecule has 1 saturated carbocycles. The van der Waals surface area contributed by atoms with Crippen LogP contribution < -0.4 is 0 Å². The smallest absolute Gasteiger partial charge is 0.159 e. The third kappa shape index (κ3) is 6.40. The third-order valence-electron chi connectivity index (χ3n) is 5.62. The molecule has 2 aromatic carbocycles. The largest absolute Gasteiger partial charge is 0.295 e. The number of hydrogen-bond acceptors (Lipinski definition) is 1. The Morgan fingerprint density at radius 2 is 1.59 bits per heavy atom. The first-order valence-electron chi connectivity index (χ1n) is 10.4. The van der Waals surface area contributed by atoms with Crippen LogP contribution in [0.4, 0.5) is 0 Å². The van der Waals surface area contributed by atoms with Crippen LogP contribution in [-0.2, 0) is 6.42 Å². The second kappa shape index (κ2) is 9.56. The van der Waals surface area contributed by atoms with E-state index in [0.717, 1.165) is 28.5 Å². The molecule has 1 fully saturated rings. The topological polar surface area (TPSA) is 17.1 Å². The summed E-state index contributed by atoms with van der Waals surface area (Å²) in [7, 11) is 0. The maximum Gasteiger partial charge on any atom is 0.159 e. The Morgan fingerprint density at radius 1 is 1.00 bits per heavy atom. The van der Waals surface area contributed by atoms with Gasteiger partial charge < -0.3 is 0 Å². The lowest BCUT2D eigenvalue weighted by Gasteiger charge is -2.14. The molecule has 140 valence electrons. The van der Waals surface area contributed by atoms with Crippen molar-refractivity contribution >= 4 is 5.78 Å². The van der Waals surface area contributed by atoms with Gasteiger partial charge in [-0.15, -0.1) is 0 Å². The first kappa shape index (κ1) is 19.4. The summed E-state index contributed by atoms with van der Waals surface area (Å²) < 4.78 is 0. The van der Waals surface area contributed by atoms with Gasteiger partial charge in [-0.05, 0) is 67.9 Å². The molecule has 1 aliphatic rings. The highest BCUT2D eigenvalue weighted by Gasteiger charge is 2.24. The van der Waals surface area contributed by atoms with Gasteiger partial charge in [0.15, 0.2) is 5.78 Å². The van der Waals surface area contributed by atoms with E-state index in [-0.39, 0.29) is 5.78 Å². The Morgan fingerprint density at radius 3 is 2.11 bits per heavy atom. The normalized spacial score (nSPS) is 14.3. The molecule has 1 unspecified atom stereocenters. The first-order chi connectivity index (χ1) is 13.1. The number of Topliss-reactive ketones (excluding diaryl/α,β-unsaturated/α-hetero) is 1. The average Bonchev–Trinajstić information content (AvgIpc) is 3.51. The molecule has 1 nitrogen and oxygen atoms in total. The fraction of sp³-hybridized carbons (Fsp3) is 0.423. The van der Waals surface area contributed by atoms with Gasteiger partial charge in [-0.25, -0.2) is 0 Å². The van der Waals surface area contributed by atoms with Crippen molar-refractivity contribution in [2.45, 2.75) is 58.8 Å². The van der Waals surface area contributed by atoms with Crippen molar-refractivity contribution in [2.75, 3.05) is 0 Å². The van der Waals surface area contributed by atoms with Crippen molar-refractivity contribution in [3.05, 3.63) is 70.8 Å². The van der Waals surface area contributed by atoms with E-state index in [0.29, 0.717) is 0 Å². The molecule has 0 aromatic heterocycles. The molecule has 0 heterocycles. The van der Waals surface area contributed by atoms with Crippen LogP contribution in [0.25, 0.3) is 0 Å². The van der Waals surface area contributed by atoms with E-state index < -0.39 is 0 Å². The Kier molecular flexibility index (Phi) is 6.88. The van der Waals surface area contributed by atoms with Gasteiger partial charge in [-0.1, -0.05) is 68.7 Å². The third-order valence-corrected chi connectivity index (χ3v) is 5.62. The molecular weight excluding hydrogens is 328 g/mol. The number of carbonyl (C=O) groups excluding carboxylic acids is 1. The number of aryl methyl sites for hydroxylation is 1. The quantitative estimate of drug-likeness (QED) is 0.392. The van der Waals surface area contributed by atoms with Gasteiger partial charge in [0.1, 0.15) is 0 Å². The number of carbonyl (C=O) groups is 1. The van der Waals surface area contributed by atoms with Gasteiger partial charge >= 0.3 is 0 Å². The van der Waals surface area contributed by atoms with Crippen LogP contribution in [0.1, 0.15) is 79.4 Å². The zero-order valence-corrected chi connectivity index (χ0v) is 16.6. The summed E-state index contributed by atoms with van der Waals surface area (Å²) >= 11 is 0. The van der Waals surface area contributed by atoms with E-state index in [1.807, 2.05) is 24.3 Å². The van der Waals surface area contributed by atoms with E-state index >= 15 is 0 Å². The maximum absolute atomic E-state index is 11.3. The Balaban J connectivity index is 1.49. The van der Waals surface area contributed by atoms with Crippen molar-refractivity contribution < 1.29 is 4.79 Å². The summed E-state index contributed by atoms with van der Waals surface area (Å²) in [6, 6.07) is 16.1. The van der Waals surface area contributed by atoms with Crippen LogP contribution in [0.3, 0.4) is 0 Å². The highest BCUT2D eigenvalue weighted by atomic mass is 16.1. The van der Waals surface area contributed by atoms with Crippen molar-refractivity contribution in [1.29, 1.82) is 0 Å². The van der Waals surface area contributed by atoms with Crippen LogP contribution >= 0.6 is 0 Å². The van der Waals surface area contributed by atoms with Crippen molar-refractivity contribution in [2.24, 2.45) is 11.8 Å². The molecule has 3 rings (SSSR count). The summed E-state index contributed by atoms with van der Waals surface area (Å²) in [4.78, 5) is 11.3. The van der Waals surface area contributed by atoms with Crippen molar-refractivity contribution in [3.63, 3.8) is 0 Å². The Bertz CT molecular complexity index is 798. The fourth-order valence-electron chi connectivity index (χ4n) is 3.60. The zero-order valence-electron chi connectivity index (χ0n) is 16.6. The van der Waals surface area contributed by atoms with E-state index in [2.05, 4.69) is 43.0 Å². The highest BCUT2D eigenvalue weighted by molar-refractivity contribution is 5.94. The molecule has 0 radical (unpaired) electrons. The zero-order chi connectivity index (χ0) is 19.1. The number of hydrogen-bond donors (Lipinski definition) is 0. The first-order valence-corrected chi connectivity index (χ1v) is 10.4. The van der Waals surface area contributed by atoms with Crippen LogP contribution in [0.2, 0.25) is 0 Å². The van der Waals surface area contributed by atoms with E-state index in [1.54, 1.807) is 6.92 Å². The molecule has 0 amide bonds. The van der Waals surface area contributed by atoms with Crippen molar-refractivity contribution in [1.82, 2.24) is 0 Å². The van der Waals surface area contributed by atoms with Gasteiger partial charge in [0.2, 0.25) is 0 Å². The molecular formula is C26H30O. The van der Waals surface area contributed by atoms with Crippen LogP contribution in [0.5, 0.6) is 0 Å². The summed E-state index contributed by atoms with van der Waals surface area (Å²) in [5.74, 6) is 8.45. The lowest BCUT2D eigenvalue weighted by molar-refractivity contribution is 0.101. The molecule has 0 N–H and O–H groups in total. The molecule has 0 spiro atoms. The second-order valence-corrected chi connectivity index (χ2v) is 7.93. The molecule has 0 aliphatic heterocycles. The van der Waals surface area contributed by atoms with Crippen LogP contribution in [-0.4, -0.2) is 5.78 Å². The van der Waals surface area contributed by atoms with E-state index in [1.165, 1.54) is 50.5 Å². The van der Waals surface area contributed by atoms with Gasteiger partial charge in [0, 0.05) is 16.7 Å². The Labute approximate surface area is 164 Å². The van der Waals surface area contributed by atoms with Crippen LogP contribution in [0.15, 0.2) is 48.5 Å².